The van der Waals surface area contributed by atoms with E-state index in [0.29, 0.717) is 22.3 Å². The molecule has 0 aromatic heterocycles. The van der Waals surface area contributed by atoms with Gasteiger partial charge in [-0.15, -0.1) is 0 Å². The molecule has 1 aliphatic heterocycles. The standard InChI is InChI=1S/C15H13Cl2N3O/c16-9-4-6-10(7-5-9)20-8-12(18)15(21)19-14-11(17)2-1-3-13(14)20/h1-7,12H,8,18H2,(H,19,21). The van der Waals surface area contributed by atoms with Gasteiger partial charge in [-0.1, -0.05) is 29.3 Å². The van der Waals surface area contributed by atoms with Crippen molar-refractivity contribution in [2.45, 2.75) is 6.04 Å². The molecule has 1 heterocycles. The highest BCUT2D eigenvalue weighted by Crippen LogP contribution is 2.38. The molecule has 1 amide bonds. The van der Waals surface area contributed by atoms with Gasteiger partial charge < -0.3 is 16.0 Å². The van der Waals surface area contributed by atoms with Gasteiger partial charge in [0.15, 0.2) is 0 Å². The number of nitrogens with one attached hydrogen (secondary N) is 1. The van der Waals surface area contributed by atoms with Gasteiger partial charge in [0, 0.05) is 17.3 Å². The number of rotatable bonds is 1. The van der Waals surface area contributed by atoms with Crippen LogP contribution < -0.4 is 16.0 Å². The molecular weight excluding hydrogens is 309 g/mol. The monoisotopic (exact) mass is 321 g/mol. The topological polar surface area (TPSA) is 58.4 Å². The Balaban J connectivity index is 2.13. The van der Waals surface area contributed by atoms with Gasteiger partial charge in [0.1, 0.15) is 6.04 Å². The molecule has 1 atom stereocenters. The number of nitrogens with zero attached hydrogens (tertiary/aromatic N) is 1. The molecule has 0 spiro atoms. The second-order valence-corrected chi connectivity index (χ2v) is 5.66. The van der Waals surface area contributed by atoms with E-state index in [4.69, 9.17) is 28.9 Å². The minimum atomic E-state index is -0.649. The summed E-state index contributed by atoms with van der Waals surface area (Å²) in [6.07, 6.45) is 0. The normalized spacial score (nSPS) is 18.0. The van der Waals surface area contributed by atoms with E-state index in [1.54, 1.807) is 18.2 Å². The SMILES string of the molecule is NC1CN(c2ccc(Cl)cc2)c2cccc(Cl)c2NC1=O. The van der Waals surface area contributed by atoms with Crippen LogP contribution in [0.25, 0.3) is 0 Å². The summed E-state index contributed by atoms with van der Waals surface area (Å²) in [5.74, 6) is -0.249. The van der Waals surface area contributed by atoms with Gasteiger partial charge in [-0.25, -0.2) is 0 Å². The summed E-state index contributed by atoms with van der Waals surface area (Å²) in [6.45, 7) is 0.362. The second-order valence-electron chi connectivity index (χ2n) is 4.82. The first kappa shape index (κ1) is 14.2. The third-order valence-electron chi connectivity index (χ3n) is 3.38. The van der Waals surface area contributed by atoms with Gasteiger partial charge in [0.25, 0.3) is 0 Å². The van der Waals surface area contributed by atoms with Gasteiger partial charge in [-0.05, 0) is 36.4 Å². The van der Waals surface area contributed by atoms with Crippen molar-refractivity contribution in [1.82, 2.24) is 0 Å². The number of carbonyl (C=O) groups is 1. The average Bonchev–Trinajstić information content (AvgIpc) is 2.59. The van der Waals surface area contributed by atoms with Crippen molar-refractivity contribution in [3.05, 3.63) is 52.5 Å². The van der Waals surface area contributed by atoms with Crippen LogP contribution in [0.2, 0.25) is 10.0 Å². The first-order valence-electron chi connectivity index (χ1n) is 6.44. The lowest BCUT2D eigenvalue weighted by Gasteiger charge is -2.25. The zero-order valence-corrected chi connectivity index (χ0v) is 12.5. The summed E-state index contributed by atoms with van der Waals surface area (Å²) in [4.78, 5) is 14.0. The summed E-state index contributed by atoms with van der Waals surface area (Å²) in [6, 6.07) is 12.2. The Morgan fingerprint density at radius 2 is 1.86 bits per heavy atom. The maximum absolute atomic E-state index is 12.0. The predicted molar refractivity (Wildman–Crippen MR) is 86.5 cm³/mol. The molecule has 108 valence electrons. The van der Waals surface area contributed by atoms with Crippen LogP contribution in [0.3, 0.4) is 0 Å². The molecule has 1 unspecified atom stereocenters. The van der Waals surface area contributed by atoms with Crippen molar-refractivity contribution in [1.29, 1.82) is 0 Å². The molecule has 3 N–H and O–H groups in total. The Kier molecular flexibility index (Phi) is 3.76. The Bertz CT molecular complexity index is 688. The fourth-order valence-electron chi connectivity index (χ4n) is 2.32. The van der Waals surface area contributed by atoms with Gasteiger partial charge in [-0.2, -0.15) is 0 Å². The van der Waals surface area contributed by atoms with Crippen LogP contribution in [-0.2, 0) is 4.79 Å². The van der Waals surface area contributed by atoms with Crippen LogP contribution in [-0.4, -0.2) is 18.5 Å². The summed E-state index contributed by atoms with van der Waals surface area (Å²) >= 11 is 12.1. The molecular formula is C15H13Cl2N3O. The molecule has 1 aliphatic rings. The van der Waals surface area contributed by atoms with Crippen molar-refractivity contribution in [3.63, 3.8) is 0 Å². The Labute approximate surface area is 132 Å². The minimum absolute atomic E-state index is 0.249. The van der Waals surface area contributed by atoms with Crippen molar-refractivity contribution in [2.75, 3.05) is 16.8 Å². The summed E-state index contributed by atoms with van der Waals surface area (Å²) < 4.78 is 0. The van der Waals surface area contributed by atoms with Gasteiger partial charge >= 0.3 is 0 Å². The van der Waals surface area contributed by atoms with Crippen LogP contribution in [0.4, 0.5) is 17.1 Å². The summed E-state index contributed by atoms with van der Waals surface area (Å²) in [5, 5.41) is 3.92. The lowest BCUT2D eigenvalue weighted by atomic mass is 10.2. The number of halogens is 2. The van der Waals surface area contributed by atoms with Crippen LogP contribution in [0, 0.1) is 0 Å². The highest BCUT2D eigenvalue weighted by atomic mass is 35.5. The molecule has 2 aromatic rings. The summed E-state index contributed by atoms with van der Waals surface area (Å²) in [7, 11) is 0. The molecule has 0 fully saturated rings. The van der Waals surface area contributed by atoms with E-state index >= 15 is 0 Å². The van der Waals surface area contributed by atoms with Crippen molar-refractivity contribution >= 4 is 46.2 Å². The number of para-hydroxylation sites is 1. The average molecular weight is 322 g/mol. The Morgan fingerprint density at radius 3 is 2.57 bits per heavy atom. The zero-order chi connectivity index (χ0) is 15.0. The number of anilines is 3. The maximum Gasteiger partial charge on any atom is 0.243 e. The van der Waals surface area contributed by atoms with Crippen LogP contribution >= 0.6 is 23.2 Å². The van der Waals surface area contributed by atoms with E-state index in [-0.39, 0.29) is 5.91 Å². The predicted octanol–water partition coefficient (Wildman–Crippen LogP) is 3.41. The molecule has 2 aromatic carbocycles. The fourth-order valence-corrected chi connectivity index (χ4v) is 2.66. The van der Waals surface area contributed by atoms with Crippen molar-refractivity contribution < 1.29 is 4.79 Å². The first-order valence-corrected chi connectivity index (χ1v) is 7.20. The Morgan fingerprint density at radius 1 is 1.14 bits per heavy atom. The number of fused-ring (bicyclic) bond motifs is 1. The number of carbonyl (C=O) groups excluding carboxylic acids is 1. The van der Waals surface area contributed by atoms with Crippen LogP contribution in [0.1, 0.15) is 0 Å². The quantitative estimate of drug-likeness (QED) is 0.846. The molecule has 0 bridgehead atoms. The molecule has 0 radical (unpaired) electrons. The molecule has 6 heteroatoms. The lowest BCUT2D eigenvalue weighted by Crippen LogP contribution is -2.41. The molecule has 0 aliphatic carbocycles. The molecule has 3 rings (SSSR count). The van der Waals surface area contributed by atoms with E-state index in [1.165, 1.54) is 0 Å². The number of nitrogens with two attached hydrogens (primary N) is 1. The second kappa shape index (κ2) is 5.56. The van der Waals surface area contributed by atoms with E-state index < -0.39 is 6.04 Å². The van der Waals surface area contributed by atoms with Gasteiger partial charge in [0.05, 0.1) is 16.4 Å². The third kappa shape index (κ3) is 2.70. The van der Waals surface area contributed by atoms with E-state index in [1.807, 2.05) is 29.2 Å². The lowest BCUT2D eigenvalue weighted by molar-refractivity contribution is -0.117. The Hall–Kier alpha value is -1.75. The molecule has 0 saturated carbocycles. The minimum Gasteiger partial charge on any atom is -0.338 e. The van der Waals surface area contributed by atoms with E-state index in [2.05, 4.69) is 5.32 Å². The number of benzene rings is 2. The van der Waals surface area contributed by atoms with Crippen LogP contribution in [0.5, 0.6) is 0 Å². The third-order valence-corrected chi connectivity index (χ3v) is 3.95. The molecule has 4 nitrogen and oxygen atoms in total. The maximum atomic E-state index is 12.0. The highest BCUT2D eigenvalue weighted by molar-refractivity contribution is 6.34. The largest absolute Gasteiger partial charge is 0.338 e. The number of amides is 1. The van der Waals surface area contributed by atoms with Crippen molar-refractivity contribution in [3.8, 4) is 0 Å². The van der Waals surface area contributed by atoms with E-state index in [9.17, 15) is 4.79 Å². The van der Waals surface area contributed by atoms with E-state index in [0.717, 1.165) is 11.4 Å². The van der Waals surface area contributed by atoms with Gasteiger partial charge in [0.2, 0.25) is 5.91 Å². The first-order chi connectivity index (χ1) is 10.1. The molecule has 0 saturated heterocycles. The zero-order valence-electron chi connectivity index (χ0n) is 11.0. The van der Waals surface area contributed by atoms with Crippen LogP contribution in [0.15, 0.2) is 42.5 Å². The number of hydrogen-bond donors (Lipinski definition) is 2. The summed E-state index contributed by atoms with van der Waals surface area (Å²) in [5.41, 5.74) is 8.23. The van der Waals surface area contributed by atoms with Crippen molar-refractivity contribution in [2.24, 2.45) is 5.73 Å². The highest BCUT2D eigenvalue weighted by Gasteiger charge is 2.27. The van der Waals surface area contributed by atoms with Gasteiger partial charge in [-0.3, -0.25) is 4.79 Å². The number of hydrogen-bond acceptors (Lipinski definition) is 3. The fraction of sp³-hybridized carbons (Fsp3) is 0.133. The smallest absolute Gasteiger partial charge is 0.243 e. The molecule has 21 heavy (non-hydrogen) atoms.